The summed E-state index contributed by atoms with van der Waals surface area (Å²) in [5, 5.41) is 9.69. The molecular formula is C27H33NO6. The van der Waals surface area contributed by atoms with E-state index in [-0.39, 0.29) is 18.8 Å². The molecule has 1 unspecified atom stereocenters. The van der Waals surface area contributed by atoms with Crippen LogP contribution in [0.4, 0.5) is 4.79 Å². The molecule has 0 radical (unpaired) electrons. The Balaban J connectivity index is 1.28. The van der Waals surface area contributed by atoms with Gasteiger partial charge in [-0.15, -0.1) is 0 Å². The fourth-order valence-corrected chi connectivity index (χ4v) is 4.80. The Bertz CT molecular complexity index is 941. The van der Waals surface area contributed by atoms with Crippen molar-refractivity contribution < 1.29 is 28.9 Å². The molecule has 34 heavy (non-hydrogen) atoms. The van der Waals surface area contributed by atoms with E-state index in [9.17, 15) is 14.7 Å². The number of hydrogen-bond donors (Lipinski definition) is 1. The molecule has 2 aromatic carbocycles. The van der Waals surface area contributed by atoms with Crippen molar-refractivity contribution in [2.75, 3.05) is 26.9 Å². The summed E-state index contributed by atoms with van der Waals surface area (Å²) in [6, 6.07) is 15.3. The topological polar surface area (TPSA) is 85.3 Å². The zero-order valence-corrected chi connectivity index (χ0v) is 19.7. The number of amides is 1. The van der Waals surface area contributed by atoms with Gasteiger partial charge in [0.05, 0.1) is 0 Å². The summed E-state index contributed by atoms with van der Waals surface area (Å²) in [5.74, 6) is -1.10. The van der Waals surface area contributed by atoms with E-state index >= 15 is 0 Å². The maximum absolute atomic E-state index is 12.8. The number of unbranched alkanes of at least 4 members (excludes halogenated alkanes) is 1. The van der Waals surface area contributed by atoms with E-state index < -0.39 is 18.1 Å². The van der Waals surface area contributed by atoms with Crippen molar-refractivity contribution in [1.82, 2.24) is 4.90 Å². The monoisotopic (exact) mass is 467 g/mol. The first kappa shape index (κ1) is 24.2. The normalized spacial score (nSPS) is 18.1. The van der Waals surface area contributed by atoms with Crippen LogP contribution in [0.3, 0.4) is 0 Å². The van der Waals surface area contributed by atoms with E-state index in [0.717, 1.165) is 48.1 Å². The van der Waals surface area contributed by atoms with Crippen LogP contribution >= 0.6 is 0 Å². The van der Waals surface area contributed by atoms with Crippen LogP contribution in [-0.2, 0) is 19.0 Å². The molecule has 1 amide bonds. The number of rotatable bonds is 10. The molecule has 0 aromatic heterocycles. The van der Waals surface area contributed by atoms with Crippen LogP contribution in [0.15, 0.2) is 48.5 Å². The van der Waals surface area contributed by atoms with Crippen LogP contribution in [-0.4, -0.2) is 61.3 Å². The average molecular weight is 468 g/mol. The molecule has 0 bridgehead atoms. The third kappa shape index (κ3) is 5.59. The minimum Gasteiger partial charge on any atom is -0.480 e. The summed E-state index contributed by atoms with van der Waals surface area (Å²) in [6.07, 6.45) is 3.99. The predicted molar refractivity (Wildman–Crippen MR) is 128 cm³/mol. The number of nitrogens with zero attached hydrogens (tertiary/aromatic N) is 1. The van der Waals surface area contributed by atoms with Gasteiger partial charge in [-0.1, -0.05) is 48.5 Å². The highest BCUT2D eigenvalue weighted by molar-refractivity contribution is 5.81. The van der Waals surface area contributed by atoms with Gasteiger partial charge in [0.1, 0.15) is 12.6 Å². The highest BCUT2D eigenvalue weighted by Crippen LogP contribution is 2.44. The van der Waals surface area contributed by atoms with Gasteiger partial charge in [0.25, 0.3) is 0 Å². The van der Waals surface area contributed by atoms with Gasteiger partial charge in [0.15, 0.2) is 6.29 Å². The molecule has 182 valence electrons. The molecule has 0 spiro atoms. The van der Waals surface area contributed by atoms with Crippen LogP contribution in [0, 0.1) is 0 Å². The van der Waals surface area contributed by atoms with Gasteiger partial charge in [-0.3, -0.25) is 4.90 Å². The van der Waals surface area contributed by atoms with Crippen molar-refractivity contribution in [1.29, 1.82) is 0 Å². The molecule has 1 N–H and O–H groups in total. The molecule has 7 heteroatoms. The van der Waals surface area contributed by atoms with Crippen molar-refractivity contribution in [3.05, 3.63) is 59.7 Å². The summed E-state index contributed by atoms with van der Waals surface area (Å²) in [7, 11) is 1.49. The van der Waals surface area contributed by atoms with Crippen molar-refractivity contribution >= 4 is 12.1 Å². The van der Waals surface area contributed by atoms with Gasteiger partial charge in [0, 0.05) is 26.2 Å². The van der Waals surface area contributed by atoms with Crippen molar-refractivity contribution in [2.24, 2.45) is 0 Å². The lowest BCUT2D eigenvalue weighted by molar-refractivity contribution is -0.163. The average Bonchev–Trinajstić information content (AvgIpc) is 3.18. The highest BCUT2D eigenvalue weighted by atomic mass is 16.7. The van der Waals surface area contributed by atoms with Gasteiger partial charge in [0.2, 0.25) is 0 Å². The first-order chi connectivity index (χ1) is 16.6. The van der Waals surface area contributed by atoms with Crippen LogP contribution < -0.4 is 0 Å². The number of hydrogen-bond acceptors (Lipinski definition) is 5. The number of benzene rings is 2. The number of likely N-dealkylation sites (N-methyl/N-ethyl adjacent to an activating group) is 1. The maximum atomic E-state index is 12.8. The maximum Gasteiger partial charge on any atom is 0.410 e. The largest absolute Gasteiger partial charge is 0.480 e. The first-order valence-corrected chi connectivity index (χ1v) is 12.1. The third-order valence-electron chi connectivity index (χ3n) is 6.69. The Morgan fingerprint density at radius 2 is 1.74 bits per heavy atom. The third-order valence-corrected chi connectivity index (χ3v) is 6.69. The minimum absolute atomic E-state index is 0.0628. The van der Waals surface area contributed by atoms with Gasteiger partial charge in [-0.2, -0.15) is 0 Å². The van der Waals surface area contributed by atoms with E-state index in [1.54, 1.807) is 0 Å². The Kier molecular flexibility index (Phi) is 8.19. The zero-order chi connectivity index (χ0) is 23.9. The molecule has 0 saturated carbocycles. The zero-order valence-electron chi connectivity index (χ0n) is 19.7. The highest BCUT2D eigenvalue weighted by Gasteiger charge is 2.31. The molecule has 1 saturated heterocycles. The van der Waals surface area contributed by atoms with E-state index in [1.807, 2.05) is 24.3 Å². The molecular weight excluding hydrogens is 434 g/mol. The SMILES string of the molecule is CN(C(=O)OCC1c2ccccc2-c2ccccc21)[C@@H](CCCCOC1CCCCO1)C(=O)O. The lowest BCUT2D eigenvalue weighted by Gasteiger charge is -2.25. The standard InChI is InChI=1S/C27H33NO6/c1-28(24(26(29)30)14-6-8-16-32-25-15-7-9-17-33-25)27(31)34-18-23-21-12-4-2-10-19(21)20-11-3-5-13-22(20)23/h2-5,10-13,23-25H,6-9,14-18H2,1H3,(H,29,30)/t24-,25?/m0/s1. The number of aliphatic carboxylic acids is 1. The Morgan fingerprint density at radius 3 is 2.35 bits per heavy atom. The molecule has 2 aliphatic rings. The van der Waals surface area contributed by atoms with Crippen molar-refractivity contribution in [2.45, 2.75) is 56.8 Å². The second kappa shape index (κ2) is 11.5. The lowest BCUT2D eigenvalue weighted by atomic mass is 9.98. The number of fused-ring (bicyclic) bond motifs is 3. The number of ether oxygens (including phenoxy) is 3. The summed E-state index contributed by atoms with van der Waals surface area (Å²) in [5.41, 5.74) is 4.54. The Hall–Kier alpha value is -2.90. The lowest BCUT2D eigenvalue weighted by Crippen LogP contribution is -2.43. The number of carbonyl (C=O) groups is 2. The second-order valence-corrected chi connectivity index (χ2v) is 8.93. The smallest absolute Gasteiger partial charge is 0.410 e. The minimum atomic E-state index is -1.03. The van der Waals surface area contributed by atoms with Crippen LogP contribution in [0.2, 0.25) is 0 Å². The number of carboxylic acids is 1. The molecule has 7 nitrogen and oxygen atoms in total. The van der Waals surface area contributed by atoms with Crippen molar-refractivity contribution in [3.63, 3.8) is 0 Å². The van der Waals surface area contributed by atoms with Gasteiger partial charge in [-0.25, -0.2) is 9.59 Å². The van der Waals surface area contributed by atoms with Gasteiger partial charge in [-0.05, 0) is 60.8 Å². The Morgan fingerprint density at radius 1 is 1.06 bits per heavy atom. The second-order valence-electron chi connectivity index (χ2n) is 8.93. The summed E-state index contributed by atoms with van der Waals surface area (Å²) in [4.78, 5) is 25.8. The molecule has 2 aromatic rings. The quantitative estimate of drug-likeness (QED) is 0.493. The summed E-state index contributed by atoms with van der Waals surface area (Å²) >= 11 is 0. The van der Waals surface area contributed by atoms with E-state index in [2.05, 4.69) is 24.3 Å². The first-order valence-electron chi connectivity index (χ1n) is 12.1. The van der Waals surface area contributed by atoms with Crippen LogP contribution in [0.1, 0.15) is 55.6 Å². The van der Waals surface area contributed by atoms with E-state index in [0.29, 0.717) is 25.9 Å². The van der Waals surface area contributed by atoms with E-state index in [4.69, 9.17) is 14.2 Å². The van der Waals surface area contributed by atoms with E-state index in [1.165, 1.54) is 11.9 Å². The van der Waals surface area contributed by atoms with Gasteiger partial charge < -0.3 is 19.3 Å². The predicted octanol–water partition coefficient (Wildman–Crippen LogP) is 5.03. The molecule has 2 atom stereocenters. The molecule has 4 rings (SSSR count). The molecule has 1 aliphatic carbocycles. The summed E-state index contributed by atoms with van der Waals surface area (Å²) in [6.45, 7) is 1.42. The Labute approximate surface area is 200 Å². The molecule has 1 fully saturated rings. The fraction of sp³-hybridized carbons (Fsp3) is 0.481. The fourth-order valence-electron chi connectivity index (χ4n) is 4.80. The molecule has 1 heterocycles. The number of carbonyl (C=O) groups excluding carboxylic acids is 1. The van der Waals surface area contributed by atoms with Crippen LogP contribution in [0.25, 0.3) is 11.1 Å². The molecule has 1 aliphatic heterocycles. The summed E-state index contributed by atoms with van der Waals surface area (Å²) < 4.78 is 16.9. The van der Waals surface area contributed by atoms with Crippen molar-refractivity contribution in [3.8, 4) is 11.1 Å². The number of carboxylic acid groups (broad SMARTS) is 1. The van der Waals surface area contributed by atoms with Gasteiger partial charge >= 0.3 is 12.1 Å². The van der Waals surface area contributed by atoms with Crippen LogP contribution in [0.5, 0.6) is 0 Å².